The second-order valence-corrected chi connectivity index (χ2v) is 7.34. The SMILES string of the molecule is CC1CC1C(=O)N1CCCC(c2nc(-c3ccc(Cl)cc3)no2)C1. The van der Waals surface area contributed by atoms with E-state index in [1.165, 1.54) is 0 Å². The maximum absolute atomic E-state index is 12.5. The van der Waals surface area contributed by atoms with Crippen molar-refractivity contribution < 1.29 is 9.32 Å². The largest absolute Gasteiger partial charge is 0.342 e. The minimum Gasteiger partial charge on any atom is -0.342 e. The Bertz CT molecular complexity index is 743. The summed E-state index contributed by atoms with van der Waals surface area (Å²) < 4.78 is 5.48. The third kappa shape index (κ3) is 3.05. The van der Waals surface area contributed by atoms with Crippen LogP contribution in [0.5, 0.6) is 0 Å². The number of rotatable bonds is 3. The van der Waals surface area contributed by atoms with Crippen molar-refractivity contribution in [2.45, 2.75) is 32.1 Å². The van der Waals surface area contributed by atoms with Crippen molar-refractivity contribution in [2.24, 2.45) is 11.8 Å². The molecule has 2 aromatic rings. The molecule has 0 bridgehead atoms. The van der Waals surface area contributed by atoms with Crippen molar-refractivity contribution in [3.8, 4) is 11.4 Å². The van der Waals surface area contributed by atoms with Crippen LogP contribution in [0.4, 0.5) is 0 Å². The van der Waals surface area contributed by atoms with Crippen LogP contribution in [-0.4, -0.2) is 34.0 Å². The van der Waals surface area contributed by atoms with E-state index in [-0.39, 0.29) is 11.8 Å². The Kier molecular flexibility index (Phi) is 4.04. The van der Waals surface area contributed by atoms with Gasteiger partial charge in [-0.05, 0) is 49.4 Å². The highest BCUT2D eigenvalue weighted by Crippen LogP contribution is 2.40. The Morgan fingerprint density at radius 2 is 2.08 bits per heavy atom. The molecule has 4 rings (SSSR count). The fourth-order valence-corrected chi connectivity index (χ4v) is 3.52. The van der Waals surface area contributed by atoms with Gasteiger partial charge in [-0.3, -0.25) is 4.79 Å². The van der Waals surface area contributed by atoms with Crippen LogP contribution in [-0.2, 0) is 4.79 Å². The zero-order chi connectivity index (χ0) is 16.7. The third-order valence-electron chi connectivity index (χ3n) is 5.05. The number of hydrogen-bond donors (Lipinski definition) is 0. The predicted octanol–water partition coefficient (Wildman–Crippen LogP) is 3.75. The first-order chi connectivity index (χ1) is 11.6. The minimum absolute atomic E-state index is 0.130. The molecule has 3 atom stereocenters. The molecule has 0 N–H and O–H groups in total. The molecular weight excluding hydrogens is 326 g/mol. The van der Waals surface area contributed by atoms with Gasteiger partial charge in [0.25, 0.3) is 0 Å². The maximum atomic E-state index is 12.5. The molecule has 6 heteroatoms. The lowest BCUT2D eigenvalue weighted by molar-refractivity contribution is -0.134. The van der Waals surface area contributed by atoms with Crippen LogP contribution in [0.1, 0.15) is 38.0 Å². The second kappa shape index (κ2) is 6.20. The first-order valence-corrected chi connectivity index (χ1v) is 8.88. The van der Waals surface area contributed by atoms with E-state index in [1.54, 1.807) is 0 Å². The molecule has 0 spiro atoms. The number of carbonyl (C=O) groups is 1. The smallest absolute Gasteiger partial charge is 0.231 e. The number of benzene rings is 1. The Labute approximate surface area is 146 Å². The normalized spacial score (nSPS) is 26.4. The van der Waals surface area contributed by atoms with E-state index < -0.39 is 0 Å². The Morgan fingerprint density at radius 1 is 1.33 bits per heavy atom. The average Bonchev–Trinajstić information content (AvgIpc) is 3.13. The first-order valence-electron chi connectivity index (χ1n) is 8.50. The average molecular weight is 346 g/mol. The number of amides is 1. The zero-order valence-electron chi connectivity index (χ0n) is 13.6. The van der Waals surface area contributed by atoms with Crippen LogP contribution < -0.4 is 0 Å². The van der Waals surface area contributed by atoms with E-state index >= 15 is 0 Å². The molecule has 24 heavy (non-hydrogen) atoms. The summed E-state index contributed by atoms with van der Waals surface area (Å²) in [6.07, 6.45) is 2.99. The maximum Gasteiger partial charge on any atom is 0.231 e. The summed E-state index contributed by atoms with van der Waals surface area (Å²) >= 11 is 5.91. The van der Waals surface area contributed by atoms with Gasteiger partial charge in [-0.2, -0.15) is 4.98 Å². The molecule has 1 aromatic heterocycles. The highest BCUT2D eigenvalue weighted by molar-refractivity contribution is 6.30. The lowest BCUT2D eigenvalue weighted by Gasteiger charge is -2.31. The second-order valence-electron chi connectivity index (χ2n) is 6.91. The van der Waals surface area contributed by atoms with Crippen molar-refractivity contribution in [1.82, 2.24) is 15.0 Å². The van der Waals surface area contributed by atoms with E-state index in [9.17, 15) is 4.79 Å². The van der Waals surface area contributed by atoms with Crippen molar-refractivity contribution in [2.75, 3.05) is 13.1 Å². The summed E-state index contributed by atoms with van der Waals surface area (Å²) in [6, 6.07) is 7.37. The van der Waals surface area contributed by atoms with Gasteiger partial charge < -0.3 is 9.42 Å². The van der Waals surface area contributed by atoms with Crippen molar-refractivity contribution >= 4 is 17.5 Å². The summed E-state index contributed by atoms with van der Waals surface area (Å²) in [5.74, 6) is 2.39. The van der Waals surface area contributed by atoms with Gasteiger partial charge in [0.15, 0.2) is 0 Å². The van der Waals surface area contributed by atoms with Crippen LogP contribution in [0.25, 0.3) is 11.4 Å². The number of halogens is 1. The number of hydrogen-bond acceptors (Lipinski definition) is 4. The summed E-state index contributed by atoms with van der Waals surface area (Å²) in [5.41, 5.74) is 0.880. The van der Waals surface area contributed by atoms with Crippen LogP contribution in [0.15, 0.2) is 28.8 Å². The van der Waals surface area contributed by atoms with Gasteiger partial charge in [-0.1, -0.05) is 23.7 Å². The number of aromatic nitrogens is 2. The molecular formula is C18H20ClN3O2. The van der Waals surface area contributed by atoms with E-state index in [0.29, 0.717) is 35.1 Å². The molecule has 1 aliphatic carbocycles. The first kappa shape index (κ1) is 15.6. The Hall–Kier alpha value is -1.88. The summed E-state index contributed by atoms with van der Waals surface area (Å²) in [4.78, 5) is 19.0. The number of nitrogens with zero attached hydrogens (tertiary/aromatic N) is 3. The van der Waals surface area contributed by atoms with Crippen molar-refractivity contribution in [3.63, 3.8) is 0 Å². The number of carbonyl (C=O) groups excluding carboxylic acids is 1. The van der Waals surface area contributed by atoms with E-state index in [1.807, 2.05) is 29.2 Å². The molecule has 2 aliphatic rings. The van der Waals surface area contributed by atoms with Gasteiger partial charge in [0.05, 0.1) is 5.92 Å². The van der Waals surface area contributed by atoms with Crippen LogP contribution in [0, 0.1) is 11.8 Å². The van der Waals surface area contributed by atoms with E-state index in [0.717, 1.165) is 31.4 Å². The number of piperidine rings is 1. The fourth-order valence-electron chi connectivity index (χ4n) is 3.40. The fraction of sp³-hybridized carbons (Fsp3) is 0.500. The molecule has 1 aromatic carbocycles. The molecule has 1 amide bonds. The molecule has 2 fully saturated rings. The van der Waals surface area contributed by atoms with Crippen LogP contribution in [0.2, 0.25) is 5.02 Å². The standard InChI is InChI=1S/C18H20ClN3O2/c1-11-9-15(11)18(23)22-8-2-3-13(10-22)17-20-16(21-24-17)12-4-6-14(19)7-5-12/h4-7,11,13,15H,2-3,8-10H2,1H3. The molecule has 1 saturated heterocycles. The lowest BCUT2D eigenvalue weighted by Crippen LogP contribution is -2.40. The molecule has 5 nitrogen and oxygen atoms in total. The van der Waals surface area contributed by atoms with Crippen molar-refractivity contribution in [1.29, 1.82) is 0 Å². The zero-order valence-corrected chi connectivity index (χ0v) is 14.4. The highest BCUT2D eigenvalue weighted by atomic mass is 35.5. The van der Waals surface area contributed by atoms with Gasteiger partial charge in [-0.15, -0.1) is 0 Å². The topological polar surface area (TPSA) is 59.2 Å². The van der Waals surface area contributed by atoms with Crippen molar-refractivity contribution in [3.05, 3.63) is 35.2 Å². The highest BCUT2D eigenvalue weighted by Gasteiger charge is 2.42. The quantitative estimate of drug-likeness (QED) is 0.850. The molecule has 1 saturated carbocycles. The van der Waals surface area contributed by atoms with Crippen LogP contribution >= 0.6 is 11.6 Å². The molecule has 2 heterocycles. The van der Waals surface area contributed by atoms with Crippen LogP contribution in [0.3, 0.4) is 0 Å². The molecule has 0 radical (unpaired) electrons. The minimum atomic E-state index is 0.130. The predicted molar refractivity (Wildman–Crippen MR) is 90.6 cm³/mol. The third-order valence-corrected chi connectivity index (χ3v) is 5.31. The Morgan fingerprint density at radius 3 is 2.79 bits per heavy atom. The molecule has 3 unspecified atom stereocenters. The van der Waals surface area contributed by atoms with Gasteiger partial charge in [0.2, 0.25) is 17.6 Å². The number of likely N-dealkylation sites (tertiary alicyclic amines) is 1. The lowest BCUT2D eigenvalue weighted by atomic mass is 9.97. The molecule has 1 aliphatic heterocycles. The summed E-state index contributed by atoms with van der Waals surface area (Å²) in [5, 5.41) is 4.77. The molecule has 126 valence electrons. The summed E-state index contributed by atoms with van der Waals surface area (Å²) in [7, 11) is 0. The van der Waals surface area contributed by atoms with Gasteiger partial charge in [-0.25, -0.2) is 0 Å². The Balaban J connectivity index is 1.47. The van der Waals surface area contributed by atoms with Gasteiger partial charge >= 0.3 is 0 Å². The van der Waals surface area contributed by atoms with E-state index in [2.05, 4.69) is 17.1 Å². The monoisotopic (exact) mass is 345 g/mol. The van der Waals surface area contributed by atoms with E-state index in [4.69, 9.17) is 16.1 Å². The summed E-state index contributed by atoms with van der Waals surface area (Å²) in [6.45, 7) is 3.67. The van der Waals surface area contributed by atoms with Gasteiger partial charge in [0, 0.05) is 29.6 Å². The van der Waals surface area contributed by atoms with Gasteiger partial charge in [0.1, 0.15) is 0 Å².